The molecule has 4 rings (SSSR count). The van der Waals surface area contributed by atoms with Crippen LogP contribution < -0.4 is 8.59 Å². The van der Waals surface area contributed by atoms with Gasteiger partial charge in [-0.25, -0.2) is 0 Å². The summed E-state index contributed by atoms with van der Waals surface area (Å²) in [6.45, 7) is 0. The van der Waals surface area contributed by atoms with Gasteiger partial charge in [0, 0.05) is 0 Å². The molecule has 7 nitrogen and oxygen atoms in total. The third-order valence-electron chi connectivity index (χ3n) is 5.58. The van der Waals surface area contributed by atoms with E-state index in [1.165, 1.54) is 6.33 Å². The quantitative estimate of drug-likeness (QED) is 0.333. The number of benzene rings is 1. The molecule has 194 valence electrons. The number of aromatic amines is 1. The summed E-state index contributed by atoms with van der Waals surface area (Å²) in [6.07, 6.45) is 15.3. The second kappa shape index (κ2) is 10.8. The first-order valence-corrected chi connectivity index (χ1v) is 13.9. The van der Waals surface area contributed by atoms with Crippen LogP contribution in [0.5, 0.6) is 0 Å². The van der Waals surface area contributed by atoms with Crippen molar-refractivity contribution in [2.75, 3.05) is 4.72 Å². The Morgan fingerprint density at radius 3 is 2.30 bits per heavy atom. The zero-order chi connectivity index (χ0) is 26.8. The van der Waals surface area contributed by atoms with Gasteiger partial charge in [-0.2, -0.15) is 0 Å². The molecule has 0 aliphatic heterocycles. The maximum absolute atomic E-state index is 15.1. The third kappa shape index (κ3) is 5.94. The number of H-pyrrole nitrogens is 1. The SMILES string of the molecule is O=[C]([Ti][c]1c(F)ccc(NS(=O)(=O)C(F)(F)F)c1F)[C@H](Cc1c[nH]cn1)N(C1=CC=CC1)C1=CC=CC1. The molecule has 0 bridgehead atoms. The fraction of sp³-hybridized carbons (Fsp3) is 0.217. The Bertz CT molecular complexity index is 1390. The van der Waals surface area contributed by atoms with Crippen LogP contribution in [0.4, 0.5) is 27.6 Å². The molecule has 0 spiro atoms. The number of rotatable bonds is 10. The first-order chi connectivity index (χ1) is 17.5. The molecule has 2 N–H and O–H groups in total. The van der Waals surface area contributed by atoms with Gasteiger partial charge in [-0.1, -0.05) is 0 Å². The Labute approximate surface area is 217 Å². The molecular formula is C23H19F5N4O3STi. The van der Waals surface area contributed by atoms with Gasteiger partial charge >= 0.3 is 218 Å². The summed E-state index contributed by atoms with van der Waals surface area (Å²) in [5, 5.41) is 0. The molecule has 0 unspecified atom stereocenters. The number of nitrogens with zero attached hydrogens (tertiary/aromatic N) is 2. The Kier molecular flexibility index (Phi) is 7.86. The first-order valence-electron chi connectivity index (χ1n) is 10.8. The number of nitrogens with one attached hydrogen (secondary N) is 2. The van der Waals surface area contributed by atoms with Crippen LogP contribution in [-0.4, -0.2) is 38.9 Å². The van der Waals surface area contributed by atoms with Crippen molar-refractivity contribution in [2.24, 2.45) is 0 Å². The summed E-state index contributed by atoms with van der Waals surface area (Å²) in [5.41, 5.74) is -4.68. The maximum atomic E-state index is 15.1. The van der Waals surface area contributed by atoms with Crippen LogP contribution in [0.2, 0.25) is 0 Å². The van der Waals surface area contributed by atoms with E-state index in [0.717, 1.165) is 16.1 Å². The summed E-state index contributed by atoms with van der Waals surface area (Å²) in [6, 6.07) is 0.275. The molecule has 1 heterocycles. The number of imidazole rings is 1. The van der Waals surface area contributed by atoms with Gasteiger partial charge in [0.15, 0.2) is 0 Å². The van der Waals surface area contributed by atoms with Crippen molar-refractivity contribution in [3.63, 3.8) is 0 Å². The molecule has 1 aromatic heterocycles. The molecule has 37 heavy (non-hydrogen) atoms. The number of hydrogen-bond donors (Lipinski definition) is 2. The van der Waals surface area contributed by atoms with Gasteiger partial charge in [0.25, 0.3) is 0 Å². The zero-order valence-electron chi connectivity index (χ0n) is 18.9. The van der Waals surface area contributed by atoms with Crippen LogP contribution >= 0.6 is 0 Å². The first kappa shape index (κ1) is 27.0. The van der Waals surface area contributed by atoms with E-state index in [0.29, 0.717) is 30.7 Å². The molecule has 2 aliphatic carbocycles. The van der Waals surface area contributed by atoms with E-state index in [9.17, 15) is 30.8 Å². The number of aromatic nitrogens is 2. The number of halogens is 5. The van der Waals surface area contributed by atoms with Gasteiger partial charge in [0.05, 0.1) is 0 Å². The third-order valence-corrected chi connectivity index (χ3v) is 8.69. The fourth-order valence-electron chi connectivity index (χ4n) is 3.87. The van der Waals surface area contributed by atoms with E-state index in [1.807, 2.05) is 41.4 Å². The summed E-state index contributed by atoms with van der Waals surface area (Å²) in [5.74, 6) is -2.69. The van der Waals surface area contributed by atoms with E-state index in [1.54, 1.807) is 6.20 Å². The van der Waals surface area contributed by atoms with E-state index in [-0.39, 0.29) is 6.42 Å². The van der Waals surface area contributed by atoms with E-state index < -0.39 is 66.0 Å². The van der Waals surface area contributed by atoms with Crippen molar-refractivity contribution in [2.45, 2.75) is 30.8 Å². The summed E-state index contributed by atoms with van der Waals surface area (Å²) in [4.78, 5) is 22.5. The van der Waals surface area contributed by atoms with Gasteiger partial charge in [-0.3, -0.25) is 0 Å². The molecule has 1 aromatic carbocycles. The number of hydrogen-bond acceptors (Lipinski definition) is 5. The molecule has 2 aliphatic rings. The van der Waals surface area contributed by atoms with Crippen LogP contribution in [0, 0.1) is 11.6 Å². The molecule has 0 fully saturated rings. The Morgan fingerprint density at radius 1 is 1.14 bits per heavy atom. The molecule has 2 aromatic rings. The number of sulfonamides is 1. The van der Waals surface area contributed by atoms with Crippen molar-refractivity contribution >= 4 is 23.7 Å². The van der Waals surface area contributed by atoms with Crippen LogP contribution in [0.3, 0.4) is 0 Å². The van der Waals surface area contributed by atoms with Crippen LogP contribution in [0.1, 0.15) is 18.5 Å². The van der Waals surface area contributed by atoms with Crippen LogP contribution in [0.15, 0.2) is 72.5 Å². The molecular weight excluding hydrogens is 555 g/mol. The molecule has 0 radical (unpaired) electrons. The van der Waals surface area contributed by atoms with Crippen molar-refractivity contribution in [3.8, 4) is 0 Å². The Morgan fingerprint density at radius 2 is 1.78 bits per heavy atom. The minimum absolute atomic E-state index is 0.101. The summed E-state index contributed by atoms with van der Waals surface area (Å²) < 4.78 is 90.9. The fourth-order valence-corrected chi connectivity index (χ4v) is 6.14. The Balaban J connectivity index is 1.69. The summed E-state index contributed by atoms with van der Waals surface area (Å²) >= 11 is -2.31. The van der Waals surface area contributed by atoms with Gasteiger partial charge in [-0.05, 0) is 0 Å². The van der Waals surface area contributed by atoms with E-state index in [2.05, 4.69) is 9.97 Å². The average molecular weight is 574 g/mol. The number of alkyl halides is 3. The zero-order valence-corrected chi connectivity index (χ0v) is 21.3. The van der Waals surface area contributed by atoms with Crippen molar-refractivity contribution in [1.82, 2.24) is 14.9 Å². The van der Waals surface area contributed by atoms with Crippen molar-refractivity contribution in [1.29, 1.82) is 0 Å². The number of carbonyl (C=O) groups is 1. The molecule has 0 saturated heterocycles. The number of carbonyl (C=O) groups excluding carboxylic acids is 1. The number of allylic oxidation sites excluding steroid dienone is 6. The Hall–Kier alpha value is -3.03. The predicted molar refractivity (Wildman–Crippen MR) is 121 cm³/mol. The molecule has 0 amide bonds. The number of anilines is 1. The van der Waals surface area contributed by atoms with Gasteiger partial charge in [0.1, 0.15) is 0 Å². The van der Waals surface area contributed by atoms with Gasteiger partial charge < -0.3 is 0 Å². The van der Waals surface area contributed by atoms with E-state index >= 15 is 4.39 Å². The van der Waals surface area contributed by atoms with Gasteiger partial charge in [-0.15, -0.1) is 0 Å². The predicted octanol–water partition coefficient (Wildman–Crippen LogP) is 3.78. The second-order valence-electron chi connectivity index (χ2n) is 8.06. The molecule has 0 saturated carbocycles. The topological polar surface area (TPSA) is 95.2 Å². The van der Waals surface area contributed by atoms with Crippen molar-refractivity contribution in [3.05, 3.63) is 89.8 Å². The van der Waals surface area contributed by atoms with Crippen LogP contribution in [-0.2, 0) is 40.4 Å². The molecule has 1 atom stereocenters. The van der Waals surface area contributed by atoms with Gasteiger partial charge in [0.2, 0.25) is 0 Å². The standard InChI is InChI=1S/C16H16N3O.C7H3F5NO2S.Ti/c20-11-16(9-13-10-17-12-18-13)19(14-5-1-2-6-14)15-7-3-4-8-15;8-4-1-2-6(5(9)3-4)13-16(14,15)7(10,11)12;/h1-5,7,10,12,16H,6,8-9H2,(H,17,18);1-2,13H;/t16-;;/m0../s1. The average Bonchev–Trinajstić information content (AvgIpc) is 3.61. The van der Waals surface area contributed by atoms with Crippen LogP contribution in [0.25, 0.3) is 0 Å². The van der Waals surface area contributed by atoms with Crippen molar-refractivity contribution < 1.29 is 54.3 Å². The van der Waals surface area contributed by atoms with E-state index in [4.69, 9.17) is 0 Å². The summed E-state index contributed by atoms with van der Waals surface area (Å²) in [7, 11) is -5.95. The molecule has 14 heteroatoms. The second-order valence-corrected chi connectivity index (χ2v) is 11.7. The minimum atomic E-state index is -5.95. The monoisotopic (exact) mass is 574 g/mol. The normalized spacial score (nSPS) is 15.9.